The molecule has 1 aliphatic carbocycles. The van der Waals surface area contributed by atoms with E-state index < -0.39 is 0 Å². The molecular weight excluding hydrogens is 188 g/mol. The van der Waals surface area contributed by atoms with Crippen LogP contribution in [0.3, 0.4) is 0 Å². The van der Waals surface area contributed by atoms with E-state index in [0.717, 1.165) is 22.3 Å². The summed E-state index contributed by atoms with van der Waals surface area (Å²) in [5, 5.41) is 19.5. The first-order chi connectivity index (χ1) is 7.27. The average Bonchev–Trinajstić information content (AvgIpc) is 2.64. The number of phenolic OH excluding ortho intramolecular Hbond substituents is 2. The lowest BCUT2D eigenvalue weighted by Gasteiger charge is -2.05. The maximum atomic E-state index is 9.79. The fraction of sp³-hybridized carbons (Fsp3) is 0.0769. The van der Waals surface area contributed by atoms with E-state index in [1.165, 1.54) is 6.07 Å². The van der Waals surface area contributed by atoms with Crippen LogP contribution in [0.4, 0.5) is 0 Å². The zero-order valence-corrected chi connectivity index (χ0v) is 8.07. The minimum absolute atomic E-state index is 0.243. The van der Waals surface area contributed by atoms with Crippen molar-refractivity contribution in [3.05, 3.63) is 47.5 Å². The Hall–Kier alpha value is -1.96. The van der Waals surface area contributed by atoms with Crippen LogP contribution < -0.4 is 0 Å². The molecule has 0 bridgehead atoms. The lowest BCUT2D eigenvalue weighted by atomic mass is 10.0. The number of benzene rings is 2. The third-order valence-electron chi connectivity index (χ3n) is 2.92. The highest BCUT2D eigenvalue weighted by molar-refractivity contribution is 5.83. The van der Waals surface area contributed by atoms with E-state index in [-0.39, 0.29) is 11.5 Å². The molecule has 0 saturated heterocycles. The van der Waals surface area contributed by atoms with Gasteiger partial charge in [-0.2, -0.15) is 0 Å². The Morgan fingerprint density at radius 3 is 2.47 bits per heavy atom. The maximum absolute atomic E-state index is 9.79. The highest BCUT2D eigenvalue weighted by Crippen LogP contribution is 2.45. The molecule has 74 valence electrons. The minimum Gasteiger partial charge on any atom is -0.508 e. The van der Waals surface area contributed by atoms with Crippen LogP contribution in [-0.2, 0) is 6.42 Å². The Morgan fingerprint density at radius 2 is 1.60 bits per heavy atom. The Labute approximate surface area is 87.4 Å². The van der Waals surface area contributed by atoms with Gasteiger partial charge in [0.1, 0.15) is 11.5 Å². The molecule has 0 fully saturated rings. The van der Waals surface area contributed by atoms with Crippen molar-refractivity contribution in [3.8, 4) is 22.6 Å². The molecule has 3 rings (SSSR count). The highest BCUT2D eigenvalue weighted by atomic mass is 16.3. The number of aromatic hydroxyl groups is 2. The van der Waals surface area contributed by atoms with Gasteiger partial charge < -0.3 is 10.2 Å². The summed E-state index contributed by atoms with van der Waals surface area (Å²) in [5.74, 6) is 0.506. The van der Waals surface area contributed by atoms with E-state index in [4.69, 9.17) is 0 Å². The first-order valence-corrected chi connectivity index (χ1v) is 4.89. The molecule has 0 amide bonds. The fourth-order valence-corrected chi connectivity index (χ4v) is 2.21. The second kappa shape index (κ2) is 2.76. The molecule has 2 aromatic rings. The molecule has 1 aliphatic rings. The molecule has 2 aromatic carbocycles. The summed E-state index contributed by atoms with van der Waals surface area (Å²) < 4.78 is 0. The normalized spacial score (nSPS) is 12.3. The van der Waals surface area contributed by atoms with Crippen molar-refractivity contribution in [2.75, 3.05) is 0 Å². The molecule has 0 saturated carbocycles. The van der Waals surface area contributed by atoms with Crippen molar-refractivity contribution in [1.82, 2.24) is 0 Å². The first kappa shape index (κ1) is 8.36. The summed E-state index contributed by atoms with van der Waals surface area (Å²) in [4.78, 5) is 0. The molecular formula is C13H10O2. The van der Waals surface area contributed by atoms with Crippen LogP contribution >= 0.6 is 0 Å². The molecule has 0 atom stereocenters. The van der Waals surface area contributed by atoms with Crippen LogP contribution in [0.15, 0.2) is 36.4 Å². The molecule has 0 unspecified atom stereocenters. The van der Waals surface area contributed by atoms with Crippen LogP contribution in [-0.4, -0.2) is 10.2 Å². The molecule has 15 heavy (non-hydrogen) atoms. The smallest absolute Gasteiger partial charge is 0.123 e. The van der Waals surface area contributed by atoms with Gasteiger partial charge in [-0.05, 0) is 23.3 Å². The van der Waals surface area contributed by atoms with Crippen molar-refractivity contribution < 1.29 is 10.2 Å². The molecule has 2 nitrogen and oxygen atoms in total. The summed E-state index contributed by atoms with van der Waals surface area (Å²) in [7, 11) is 0. The van der Waals surface area contributed by atoms with Crippen molar-refractivity contribution >= 4 is 0 Å². The van der Waals surface area contributed by atoms with Crippen LogP contribution in [0, 0.1) is 0 Å². The monoisotopic (exact) mass is 198 g/mol. The lowest BCUT2D eigenvalue weighted by Crippen LogP contribution is -1.81. The van der Waals surface area contributed by atoms with Gasteiger partial charge in [0.25, 0.3) is 0 Å². The lowest BCUT2D eigenvalue weighted by molar-refractivity contribution is 0.458. The zero-order chi connectivity index (χ0) is 10.4. The molecule has 0 heterocycles. The number of fused-ring (bicyclic) bond motifs is 3. The first-order valence-electron chi connectivity index (χ1n) is 4.89. The summed E-state index contributed by atoms with van der Waals surface area (Å²) in [6.45, 7) is 0. The van der Waals surface area contributed by atoms with E-state index >= 15 is 0 Å². The van der Waals surface area contributed by atoms with Gasteiger partial charge in [0.05, 0.1) is 0 Å². The Morgan fingerprint density at radius 1 is 0.867 bits per heavy atom. The van der Waals surface area contributed by atoms with E-state index in [1.807, 2.05) is 24.3 Å². The number of phenols is 2. The van der Waals surface area contributed by atoms with Gasteiger partial charge in [-0.1, -0.05) is 24.3 Å². The largest absolute Gasteiger partial charge is 0.508 e. The topological polar surface area (TPSA) is 40.5 Å². The summed E-state index contributed by atoms with van der Waals surface area (Å²) in [6.07, 6.45) is 0.700. The Bertz CT molecular complexity index is 544. The number of hydrogen-bond acceptors (Lipinski definition) is 2. The average molecular weight is 198 g/mol. The van der Waals surface area contributed by atoms with E-state index in [2.05, 4.69) is 0 Å². The SMILES string of the molecule is Oc1ccc(O)c2c1Cc1ccccc1-2. The summed E-state index contributed by atoms with van der Waals surface area (Å²) in [5.41, 5.74) is 3.80. The van der Waals surface area contributed by atoms with Crippen LogP contribution in [0.1, 0.15) is 11.1 Å². The van der Waals surface area contributed by atoms with E-state index in [0.29, 0.717) is 6.42 Å². The second-order valence-electron chi connectivity index (χ2n) is 3.79. The summed E-state index contributed by atoms with van der Waals surface area (Å²) in [6, 6.07) is 11.0. The van der Waals surface area contributed by atoms with Gasteiger partial charge in [0.15, 0.2) is 0 Å². The molecule has 0 aliphatic heterocycles. The molecule has 0 spiro atoms. The third-order valence-corrected chi connectivity index (χ3v) is 2.92. The van der Waals surface area contributed by atoms with E-state index in [1.54, 1.807) is 6.07 Å². The Kier molecular flexibility index (Phi) is 1.54. The predicted molar refractivity (Wildman–Crippen MR) is 58.0 cm³/mol. The molecule has 2 heteroatoms. The van der Waals surface area contributed by atoms with Gasteiger partial charge in [-0.15, -0.1) is 0 Å². The summed E-state index contributed by atoms with van der Waals surface area (Å²) >= 11 is 0. The third kappa shape index (κ3) is 1.05. The van der Waals surface area contributed by atoms with Crippen molar-refractivity contribution in [2.24, 2.45) is 0 Å². The number of hydrogen-bond donors (Lipinski definition) is 2. The zero-order valence-electron chi connectivity index (χ0n) is 8.07. The predicted octanol–water partition coefficient (Wildman–Crippen LogP) is 2.67. The number of rotatable bonds is 0. The van der Waals surface area contributed by atoms with Crippen molar-refractivity contribution in [1.29, 1.82) is 0 Å². The van der Waals surface area contributed by atoms with Gasteiger partial charge in [-0.25, -0.2) is 0 Å². The van der Waals surface area contributed by atoms with E-state index in [9.17, 15) is 10.2 Å². The van der Waals surface area contributed by atoms with Gasteiger partial charge >= 0.3 is 0 Å². The fourth-order valence-electron chi connectivity index (χ4n) is 2.21. The standard InChI is InChI=1S/C13H10O2/c14-11-5-6-12(15)13-9-4-2-1-3-8(9)7-10(11)13/h1-6,14-15H,7H2. The maximum Gasteiger partial charge on any atom is 0.123 e. The van der Waals surface area contributed by atoms with Crippen LogP contribution in [0.2, 0.25) is 0 Å². The molecule has 0 aromatic heterocycles. The molecule has 0 radical (unpaired) electrons. The van der Waals surface area contributed by atoms with Crippen LogP contribution in [0.5, 0.6) is 11.5 Å². The van der Waals surface area contributed by atoms with Crippen molar-refractivity contribution in [2.45, 2.75) is 6.42 Å². The second-order valence-corrected chi connectivity index (χ2v) is 3.79. The van der Waals surface area contributed by atoms with Gasteiger partial charge in [-0.3, -0.25) is 0 Å². The van der Waals surface area contributed by atoms with Gasteiger partial charge in [0, 0.05) is 17.5 Å². The minimum atomic E-state index is 0.243. The quantitative estimate of drug-likeness (QED) is 0.545. The van der Waals surface area contributed by atoms with Crippen molar-refractivity contribution in [3.63, 3.8) is 0 Å². The molecule has 2 N–H and O–H groups in total. The van der Waals surface area contributed by atoms with Crippen LogP contribution in [0.25, 0.3) is 11.1 Å². The Balaban J connectivity index is 2.37. The highest BCUT2D eigenvalue weighted by Gasteiger charge is 2.23. The van der Waals surface area contributed by atoms with Gasteiger partial charge in [0.2, 0.25) is 0 Å².